The van der Waals surface area contributed by atoms with Crippen LogP contribution in [0.25, 0.3) is 0 Å². The second-order valence-corrected chi connectivity index (χ2v) is 8.20. The average molecular weight is 361 g/mol. The standard InChI is InChI=1S/C9H14N4OS2.C4H9NO2/c1-9(2,16-13-14)6-11-7-4-5-10-8(12-7)15-3;1-4(2,3)7-5-6/h4-5H,6H2,1-3H3,(H,10,11,12);1-3H3. The van der Waals surface area contributed by atoms with Crippen LogP contribution in [0.5, 0.6) is 0 Å². The summed E-state index contributed by atoms with van der Waals surface area (Å²) in [6.07, 6.45) is 3.63. The summed E-state index contributed by atoms with van der Waals surface area (Å²) >= 11 is 2.51. The van der Waals surface area contributed by atoms with Gasteiger partial charge in [0.15, 0.2) is 10.5 Å². The van der Waals surface area contributed by atoms with Gasteiger partial charge in [0.25, 0.3) is 0 Å². The van der Waals surface area contributed by atoms with Crippen molar-refractivity contribution in [2.75, 3.05) is 18.1 Å². The fourth-order valence-electron chi connectivity index (χ4n) is 1.09. The number of aromatic nitrogens is 2. The van der Waals surface area contributed by atoms with Gasteiger partial charge >= 0.3 is 0 Å². The molecule has 1 rings (SSSR count). The molecule has 0 fully saturated rings. The molecule has 0 saturated carbocycles. The number of nitrogens with zero attached hydrogens (tertiary/aromatic N) is 4. The van der Waals surface area contributed by atoms with Crippen LogP contribution in [0.1, 0.15) is 34.6 Å². The summed E-state index contributed by atoms with van der Waals surface area (Å²) in [5.41, 5.74) is -0.429. The molecule has 0 aromatic carbocycles. The highest BCUT2D eigenvalue weighted by Gasteiger charge is 2.19. The van der Waals surface area contributed by atoms with Crippen molar-refractivity contribution in [2.45, 2.75) is 50.1 Å². The molecule has 0 spiro atoms. The molecule has 10 heteroatoms. The summed E-state index contributed by atoms with van der Waals surface area (Å²) in [4.78, 5) is 32.2. The van der Waals surface area contributed by atoms with E-state index in [0.29, 0.717) is 6.54 Å². The van der Waals surface area contributed by atoms with Gasteiger partial charge in [0.05, 0.1) is 4.75 Å². The number of hydrogen-bond donors (Lipinski definition) is 1. The molecule has 1 N–H and O–H groups in total. The molecular weight excluding hydrogens is 338 g/mol. The predicted molar refractivity (Wildman–Crippen MR) is 96.4 cm³/mol. The summed E-state index contributed by atoms with van der Waals surface area (Å²) in [6.45, 7) is 9.79. The van der Waals surface area contributed by atoms with Crippen LogP contribution >= 0.6 is 23.7 Å². The molecule has 0 radical (unpaired) electrons. The van der Waals surface area contributed by atoms with E-state index in [-0.39, 0.29) is 4.75 Å². The summed E-state index contributed by atoms with van der Waals surface area (Å²) in [5.74, 6) is 0.763. The van der Waals surface area contributed by atoms with Crippen LogP contribution in [-0.2, 0) is 4.84 Å². The Morgan fingerprint density at radius 1 is 1.26 bits per heavy atom. The van der Waals surface area contributed by atoms with E-state index in [4.69, 9.17) is 0 Å². The van der Waals surface area contributed by atoms with E-state index >= 15 is 0 Å². The first-order valence-corrected chi connectivity index (χ1v) is 8.76. The Balaban J connectivity index is 0.000000585. The third-order valence-corrected chi connectivity index (χ3v) is 3.38. The minimum Gasteiger partial charge on any atom is -0.368 e. The van der Waals surface area contributed by atoms with Gasteiger partial charge in [0.1, 0.15) is 11.4 Å². The molecular formula is C13H23N5O3S2. The number of thioether (sulfide) groups is 1. The zero-order chi connectivity index (χ0) is 17.9. The maximum atomic E-state index is 10.2. The van der Waals surface area contributed by atoms with E-state index in [1.54, 1.807) is 33.0 Å². The highest BCUT2D eigenvalue weighted by Crippen LogP contribution is 2.25. The van der Waals surface area contributed by atoms with Crippen LogP contribution < -0.4 is 5.32 Å². The average Bonchev–Trinajstić information content (AvgIpc) is 2.45. The smallest absolute Gasteiger partial charge is 0.189 e. The van der Waals surface area contributed by atoms with E-state index < -0.39 is 5.60 Å². The van der Waals surface area contributed by atoms with Crippen LogP contribution in [0.4, 0.5) is 5.82 Å². The highest BCUT2D eigenvalue weighted by atomic mass is 32.2. The van der Waals surface area contributed by atoms with Crippen molar-refractivity contribution in [3.8, 4) is 0 Å². The molecule has 130 valence electrons. The molecule has 0 unspecified atom stereocenters. The maximum absolute atomic E-state index is 10.2. The Morgan fingerprint density at radius 2 is 1.91 bits per heavy atom. The predicted octanol–water partition coefficient (Wildman–Crippen LogP) is 4.29. The fraction of sp³-hybridized carbons (Fsp3) is 0.692. The zero-order valence-electron chi connectivity index (χ0n) is 14.2. The van der Waals surface area contributed by atoms with E-state index in [0.717, 1.165) is 22.9 Å². The Hall–Kier alpha value is -1.42. The zero-order valence-corrected chi connectivity index (χ0v) is 15.8. The first-order valence-electron chi connectivity index (χ1n) is 6.76. The number of nitroso groups, excluding NO2 is 1. The van der Waals surface area contributed by atoms with Crippen LogP contribution in [0.2, 0.25) is 0 Å². The van der Waals surface area contributed by atoms with Crippen LogP contribution in [-0.4, -0.2) is 33.1 Å². The monoisotopic (exact) mass is 361 g/mol. The van der Waals surface area contributed by atoms with Crippen molar-refractivity contribution < 1.29 is 4.84 Å². The first kappa shape index (κ1) is 21.6. The number of hydrogen-bond acceptors (Lipinski definition) is 10. The number of anilines is 1. The van der Waals surface area contributed by atoms with Crippen molar-refractivity contribution in [2.24, 2.45) is 9.92 Å². The fourth-order valence-corrected chi connectivity index (χ4v) is 1.78. The molecule has 1 aromatic rings. The lowest BCUT2D eigenvalue weighted by Gasteiger charge is -2.20. The van der Waals surface area contributed by atoms with Crippen molar-refractivity contribution in [1.82, 2.24) is 9.97 Å². The summed E-state index contributed by atoms with van der Waals surface area (Å²) in [7, 11) is 0. The lowest BCUT2D eigenvalue weighted by atomic mass is 10.2. The molecule has 0 aliphatic rings. The third-order valence-electron chi connectivity index (χ3n) is 2.11. The molecule has 8 nitrogen and oxygen atoms in total. The molecule has 0 saturated heterocycles. The molecule has 1 aromatic heterocycles. The molecule has 0 aliphatic carbocycles. The number of rotatable bonds is 7. The van der Waals surface area contributed by atoms with Gasteiger partial charge in [-0.05, 0) is 46.9 Å². The quantitative estimate of drug-likeness (QED) is 0.252. The van der Waals surface area contributed by atoms with Crippen molar-refractivity contribution in [3.05, 3.63) is 22.1 Å². The van der Waals surface area contributed by atoms with Gasteiger partial charge in [-0.15, -0.1) is 9.81 Å². The number of nitrogens with one attached hydrogen (secondary N) is 1. The van der Waals surface area contributed by atoms with E-state index in [1.165, 1.54) is 11.8 Å². The normalized spacial score (nSPS) is 11.0. The lowest BCUT2D eigenvalue weighted by Crippen LogP contribution is -2.26. The SMILES string of the molecule is CC(C)(C)ON=O.CSc1nccc(NCC(C)(C)SN=O)n1. The maximum Gasteiger partial charge on any atom is 0.189 e. The van der Waals surface area contributed by atoms with Crippen LogP contribution in [0.3, 0.4) is 0 Å². The Labute approximate surface area is 145 Å². The molecule has 0 atom stereocenters. The summed E-state index contributed by atoms with van der Waals surface area (Å²) < 4.78 is 2.60. The van der Waals surface area contributed by atoms with Crippen molar-refractivity contribution in [3.63, 3.8) is 0 Å². The Morgan fingerprint density at radius 3 is 2.35 bits per heavy atom. The molecule has 0 aliphatic heterocycles. The lowest BCUT2D eigenvalue weighted by molar-refractivity contribution is -0.00229. The van der Waals surface area contributed by atoms with Gasteiger partial charge in [-0.3, -0.25) is 0 Å². The molecule has 1 heterocycles. The minimum atomic E-state index is -0.429. The molecule has 0 amide bonds. The van der Waals surface area contributed by atoms with Gasteiger partial charge in [-0.1, -0.05) is 11.8 Å². The second kappa shape index (κ2) is 10.4. The van der Waals surface area contributed by atoms with Gasteiger partial charge < -0.3 is 10.2 Å². The molecule has 0 bridgehead atoms. The summed E-state index contributed by atoms with van der Waals surface area (Å²) in [6, 6.07) is 1.80. The van der Waals surface area contributed by atoms with Gasteiger partial charge in [-0.25, -0.2) is 9.97 Å². The van der Waals surface area contributed by atoms with Gasteiger partial charge in [0.2, 0.25) is 0 Å². The van der Waals surface area contributed by atoms with Crippen LogP contribution in [0.15, 0.2) is 27.3 Å². The topological polar surface area (TPSA) is 106 Å². The Kier molecular flexibility index (Phi) is 9.73. The van der Waals surface area contributed by atoms with E-state index in [9.17, 15) is 9.81 Å². The Bertz CT molecular complexity index is 495. The largest absolute Gasteiger partial charge is 0.368 e. The molecule has 23 heavy (non-hydrogen) atoms. The second-order valence-electron chi connectivity index (χ2n) is 5.99. The first-order chi connectivity index (χ1) is 10.6. The van der Waals surface area contributed by atoms with Crippen LogP contribution in [0, 0.1) is 9.81 Å². The van der Waals surface area contributed by atoms with Gasteiger partial charge in [0, 0.05) is 29.3 Å². The van der Waals surface area contributed by atoms with E-state index in [2.05, 4.69) is 30.0 Å². The van der Waals surface area contributed by atoms with Crippen molar-refractivity contribution >= 4 is 29.5 Å². The van der Waals surface area contributed by atoms with E-state index in [1.807, 2.05) is 20.1 Å². The minimum absolute atomic E-state index is 0.244. The highest BCUT2D eigenvalue weighted by molar-refractivity contribution is 7.99. The van der Waals surface area contributed by atoms with Gasteiger partial charge in [-0.2, -0.15) is 0 Å². The summed E-state index contributed by atoms with van der Waals surface area (Å²) in [5, 5.41) is 6.14. The third kappa shape index (κ3) is 11.8. The van der Waals surface area contributed by atoms with Crippen molar-refractivity contribution in [1.29, 1.82) is 0 Å².